The maximum absolute atomic E-state index is 12.0. The van der Waals surface area contributed by atoms with E-state index < -0.39 is 5.97 Å². The number of amides is 1. The van der Waals surface area contributed by atoms with Gasteiger partial charge in [-0.15, -0.1) is 0 Å². The minimum atomic E-state index is -0.400. The number of nitrogens with zero attached hydrogens (tertiary/aromatic N) is 2. The Bertz CT molecular complexity index is 682. The number of nitrogens with one attached hydrogen (secondary N) is 1. The summed E-state index contributed by atoms with van der Waals surface area (Å²) < 4.78 is 7.07. The van der Waals surface area contributed by atoms with Crippen LogP contribution in [0.15, 0.2) is 35.1 Å². The molecule has 0 aliphatic heterocycles. The van der Waals surface area contributed by atoms with Gasteiger partial charge in [-0.1, -0.05) is 0 Å². The molecule has 0 aliphatic carbocycles. The normalized spacial score (nSPS) is 10.2. The van der Waals surface area contributed by atoms with Gasteiger partial charge in [-0.3, -0.25) is 9.48 Å². The smallest absolute Gasteiger partial charge is 0.338 e. The van der Waals surface area contributed by atoms with Gasteiger partial charge >= 0.3 is 5.97 Å². The highest BCUT2D eigenvalue weighted by Crippen LogP contribution is 2.24. The third-order valence-corrected chi connectivity index (χ3v) is 3.35. The van der Waals surface area contributed by atoms with E-state index in [0.717, 1.165) is 0 Å². The number of anilines is 1. The van der Waals surface area contributed by atoms with Crippen molar-refractivity contribution in [2.45, 2.75) is 6.92 Å². The Balaban J connectivity index is 2.14. The zero-order chi connectivity index (χ0) is 15.4. The number of rotatable bonds is 4. The minimum Gasteiger partial charge on any atom is -0.462 e. The number of ether oxygens (including phenoxy) is 1. The standard InChI is InChI=1S/C14H14BrN3O3/c1-3-21-14(20)9-4-5-12(11(15)6-9)17-13(19)10-7-16-18(2)8-10/h4-8H,3H2,1-2H3,(H,17,19). The molecule has 1 aromatic heterocycles. The zero-order valence-corrected chi connectivity index (χ0v) is 13.2. The molecule has 0 spiro atoms. The Labute approximate surface area is 130 Å². The lowest BCUT2D eigenvalue weighted by molar-refractivity contribution is 0.0526. The van der Waals surface area contributed by atoms with Gasteiger partial charge in [-0.25, -0.2) is 4.79 Å². The lowest BCUT2D eigenvalue weighted by atomic mass is 10.2. The molecule has 110 valence electrons. The summed E-state index contributed by atoms with van der Waals surface area (Å²) in [5, 5.41) is 6.69. The molecule has 1 N–H and O–H groups in total. The second-order valence-electron chi connectivity index (χ2n) is 4.27. The molecule has 0 radical (unpaired) electrons. The Morgan fingerprint density at radius 1 is 1.38 bits per heavy atom. The predicted molar refractivity (Wildman–Crippen MR) is 81.3 cm³/mol. The van der Waals surface area contributed by atoms with E-state index >= 15 is 0 Å². The molecule has 0 fully saturated rings. The number of carbonyl (C=O) groups is 2. The summed E-state index contributed by atoms with van der Waals surface area (Å²) in [6.07, 6.45) is 3.10. The van der Waals surface area contributed by atoms with Gasteiger partial charge in [0.25, 0.3) is 5.91 Å². The fourth-order valence-corrected chi connectivity index (χ4v) is 2.17. The summed E-state index contributed by atoms with van der Waals surface area (Å²) in [7, 11) is 1.74. The summed E-state index contributed by atoms with van der Waals surface area (Å²) in [5.74, 6) is -0.670. The van der Waals surface area contributed by atoms with Crippen LogP contribution in [0.4, 0.5) is 5.69 Å². The van der Waals surface area contributed by atoms with E-state index in [-0.39, 0.29) is 5.91 Å². The third kappa shape index (κ3) is 3.69. The second kappa shape index (κ2) is 6.53. The van der Waals surface area contributed by atoms with Crippen molar-refractivity contribution in [1.82, 2.24) is 9.78 Å². The molecule has 21 heavy (non-hydrogen) atoms. The van der Waals surface area contributed by atoms with Crippen LogP contribution >= 0.6 is 15.9 Å². The van der Waals surface area contributed by atoms with E-state index in [1.165, 1.54) is 6.20 Å². The average Bonchev–Trinajstić information content (AvgIpc) is 2.88. The molecular formula is C14H14BrN3O3. The van der Waals surface area contributed by atoms with E-state index in [4.69, 9.17) is 4.74 Å². The molecule has 0 saturated carbocycles. The van der Waals surface area contributed by atoms with Crippen LogP contribution in [0.3, 0.4) is 0 Å². The Morgan fingerprint density at radius 3 is 2.71 bits per heavy atom. The highest BCUT2D eigenvalue weighted by Gasteiger charge is 2.13. The van der Waals surface area contributed by atoms with Gasteiger partial charge in [-0.05, 0) is 41.1 Å². The van der Waals surface area contributed by atoms with E-state index in [1.807, 2.05) is 0 Å². The summed E-state index contributed by atoms with van der Waals surface area (Å²) in [5.41, 5.74) is 1.44. The fraction of sp³-hybridized carbons (Fsp3) is 0.214. The number of hydrogen-bond acceptors (Lipinski definition) is 4. The van der Waals surface area contributed by atoms with Crippen molar-refractivity contribution in [3.63, 3.8) is 0 Å². The van der Waals surface area contributed by atoms with Gasteiger partial charge in [0.15, 0.2) is 0 Å². The monoisotopic (exact) mass is 351 g/mol. The molecule has 1 heterocycles. The highest BCUT2D eigenvalue weighted by atomic mass is 79.9. The largest absolute Gasteiger partial charge is 0.462 e. The third-order valence-electron chi connectivity index (χ3n) is 2.70. The van der Waals surface area contributed by atoms with Crippen molar-refractivity contribution in [2.24, 2.45) is 7.05 Å². The molecule has 0 saturated heterocycles. The van der Waals surface area contributed by atoms with Crippen molar-refractivity contribution in [3.8, 4) is 0 Å². The number of hydrogen-bond donors (Lipinski definition) is 1. The number of aryl methyl sites for hydroxylation is 1. The molecule has 0 aliphatic rings. The van der Waals surface area contributed by atoms with Gasteiger partial charge in [0.1, 0.15) is 0 Å². The quantitative estimate of drug-likeness (QED) is 0.859. The number of aromatic nitrogens is 2. The molecule has 0 atom stereocenters. The number of halogens is 1. The van der Waals surface area contributed by atoms with E-state index in [0.29, 0.717) is 27.9 Å². The van der Waals surface area contributed by atoms with Crippen LogP contribution in [-0.4, -0.2) is 28.3 Å². The van der Waals surface area contributed by atoms with Crippen LogP contribution in [0.1, 0.15) is 27.6 Å². The highest BCUT2D eigenvalue weighted by molar-refractivity contribution is 9.10. The topological polar surface area (TPSA) is 73.2 Å². The first-order valence-electron chi connectivity index (χ1n) is 6.28. The van der Waals surface area contributed by atoms with E-state index in [9.17, 15) is 9.59 Å². The zero-order valence-electron chi connectivity index (χ0n) is 11.6. The minimum absolute atomic E-state index is 0.271. The second-order valence-corrected chi connectivity index (χ2v) is 5.13. The van der Waals surface area contributed by atoms with Gasteiger partial charge in [0, 0.05) is 17.7 Å². The van der Waals surface area contributed by atoms with Crippen LogP contribution in [-0.2, 0) is 11.8 Å². The van der Waals surface area contributed by atoms with E-state index in [1.54, 1.807) is 43.0 Å². The maximum atomic E-state index is 12.0. The lowest BCUT2D eigenvalue weighted by Crippen LogP contribution is -2.12. The summed E-state index contributed by atoms with van der Waals surface area (Å²) in [6.45, 7) is 2.06. The molecule has 7 heteroatoms. The number of esters is 1. The predicted octanol–water partition coefficient (Wildman–Crippen LogP) is 2.61. The van der Waals surface area contributed by atoms with Crippen molar-refractivity contribution in [1.29, 1.82) is 0 Å². The lowest BCUT2D eigenvalue weighted by Gasteiger charge is -2.08. The first kappa shape index (κ1) is 15.2. The van der Waals surface area contributed by atoms with Crippen LogP contribution in [0, 0.1) is 0 Å². The molecule has 2 aromatic rings. The number of carbonyl (C=O) groups excluding carboxylic acids is 2. The van der Waals surface area contributed by atoms with E-state index in [2.05, 4.69) is 26.3 Å². The van der Waals surface area contributed by atoms with Crippen LogP contribution in [0.5, 0.6) is 0 Å². The summed E-state index contributed by atoms with van der Waals surface area (Å²) in [4.78, 5) is 23.6. The van der Waals surface area contributed by atoms with Crippen LogP contribution < -0.4 is 5.32 Å². The molecule has 0 unspecified atom stereocenters. The van der Waals surface area contributed by atoms with Crippen LogP contribution in [0.25, 0.3) is 0 Å². The van der Waals surface area contributed by atoms with Gasteiger partial charge in [-0.2, -0.15) is 5.10 Å². The first-order valence-corrected chi connectivity index (χ1v) is 7.07. The summed E-state index contributed by atoms with van der Waals surface area (Å²) >= 11 is 3.33. The first-order chi connectivity index (χ1) is 10.0. The van der Waals surface area contributed by atoms with Crippen molar-refractivity contribution in [2.75, 3.05) is 11.9 Å². The molecule has 0 bridgehead atoms. The molecule has 6 nitrogen and oxygen atoms in total. The molecular weight excluding hydrogens is 338 g/mol. The van der Waals surface area contributed by atoms with Gasteiger partial charge < -0.3 is 10.1 Å². The van der Waals surface area contributed by atoms with Crippen molar-refractivity contribution >= 4 is 33.5 Å². The van der Waals surface area contributed by atoms with Crippen LogP contribution in [0.2, 0.25) is 0 Å². The fourth-order valence-electron chi connectivity index (χ4n) is 1.69. The van der Waals surface area contributed by atoms with Gasteiger partial charge in [0.2, 0.25) is 0 Å². The molecule has 1 amide bonds. The van der Waals surface area contributed by atoms with Crippen molar-refractivity contribution in [3.05, 3.63) is 46.2 Å². The Morgan fingerprint density at radius 2 is 2.14 bits per heavy atom. The van der Waals surface area contributed by atoms with Crippen molar-refractivity contribution < 1.29 is 14.3 Å². The maximum Gasteiger partial charge on any atom is 0.338 e. The average molecular weight is 352 g/mol. The molecule has 2 rings (SSSR count). The molecule has 1 aromatic carbocycles. The van der Waals surface area contributed by atoms with Gasteiger partial charge in [0.05, 0.1) is 29.6 Å². The SMILES string of the molecule is CCOC(=O)c1ccc(NC(=O)c2cnn(C)c2)c(Br)c1. The summed E-state index contributed by atoms with van der Waals surface area (Å²) in [6, 6.07) is 4.85. The number of benzene rings is 1. The Kier molecular flexibility index (Phi) is 4.74. The Hall–Kier alpha value is -2.15.